The van der Waals surface area contributed by atoms with Gasteiger partial charge in [0.05, 0.1) is 34.7 Å². The average Bonchev–Trinajstić information content (AvgIpc) is 3.20. The molecule has 1 amide bonds. The maximum Gasteiger partial charge on any atom is 0.255 e. The van der Waals surface area contributed by atoms with E-state index in [1.807, 2.05) is 30.6 Å². The van der Waals surface area contributed by atoms with Gasteiger partial charge in [-0.1, -0.05) is 0 Å². The van der Waals surface area contributed by atoms with Gasteiger partial charge in [0.25, 0.3) is 5.91 Å². The molecule has 2 heterocycles. The third-order valence-electron chi connectivity index (χ3n) is 4.07. The van der Waals surface area contributed by atoms with Gasteiger partial charge >= 0.3 is 0 Å². The Morgan fingerprint density at radius 1 is 1.12 bits per heavy atom. The number of imidazole rings is 2. The lowest BCUT2D eigenvalue weighted by Gasteiger charge is -2.09. The third kappa shape index (κ3) is 2.42. The van der Waals surface area contributed by atoms with Crippen LogP contribution in [0.15, 0.2) is 49.1 Å². The van der Waals surface area contributed by atoms with Gasteiger partial charge in [-0.3, -0.25) is 4.79 Å². The van der Waals surface area contributed by atoms with Crippen LogP contribution in [0.4, 0.5) is 5.69 Å². The molecule has 120 valence electrons. The lowest BCUT2D eigenvalue weighted by atomic mass is 10.2. The minimum absolute atomic E-state index is 0.158. The molecule has 4 aromatic rings. The second-order valence-corrected chi connectivity index (χ2v) is 6.04. The lowest BCUT2D eigenvalue weighted by Crippen LogP contribution is -2.11. The van der Waals surface area contributed by atoms with Crippen LogP contribution in [-0.2, 0) is 0 Å². The van der Waals surface area contributed by atoms with Gasteiger partial charge in [0, 0.05) is 17.3 Å². The molecule has 24 heavy (non-hydrogen) atoms. The molecule has 0 spiro atoms. The first-order chi connectivity index (χ1) is 11.6. The molecular formula is C18H17N5O. The minimum Gasteiger partial charge on any atom is -0.345 e. The molecule has 2 N–H and O–H groups in total. The number of hydrogen-bond acceptors (Lipinski definition) is 3. The first-order valence-electron chi connectivity index (χ1n) is 7.83. The summed E-state index contributed by atoms with van der Waals surface area (Å²) in [6.45, 7) is 4.23. The Morgan fingerprint density at radius 3 is 2.83 bits per heavy atom. The molecule has 0 saturated carbocycles. The summed E-state index contributed by atoms with van der Waals surface area (Å²) in [7, 11) is 0. The van der Waals surface area contributed by atoms with Gasteiger partial charge in [-0.05, 0) is 50.2 Å². The second kappa shape index (κ2) is 5.49. The van der Waals surface area contributed by atoms with Crippen molar-refractivity contribution in [1.82, 2.24) is 19.5 Å². The summed E-state index contributed by atoms with van der Waals surface area (Å²) >= 11 is 0. The number of nitrogens with zero attached hydrogens (tertiary/aromatic N) is 3. The number of carbonyl (C=O) groups is 1. The van der Waals surface area contributed by atoms with Crippen molar-refractivity contribution in [3.8, 4) is 0 Å². The number of amides is 1. The van der Waals surface area contributed by atoms with Crippen LogP contribution in [0.2, 0.25) is 0 Å². The molecular weight excluding hydrogens is 302 g/mol. The first-order valence-corrected chi connectivity index (χ1v) is 7.83. The monoisotopic (exact) mass is 319 g/mol. The highest BCUT2D eigenvalue weighted by atomic mass is 16.1. The molecule has 2 aromatic carbocycles. The predicted molar refractivity (Wildman–Crippen MR) is 94.2 cm³/mol. The van der Waals surface area contributed by atoms with Crippen LogP contribution in [0.3, 0.4) is 0 Å². The van der Waals surface area contributed by atoms with Gasteiger partial charge in [0.15, 0.2) is 0 Å². The molecule has 0 aliphatic heterocycles. The Balaban J connectivity index is 1.62. The number of H-pyrrole nitrogens is 1. The van der Waals surface area contributed by atoms with E-state index in [4.69, 9.17) is 0 Å². The van der Waals surface area contributed by atoms with E-state index in [1.165, 1.54) is 0 Å². The van der Waals surface area contributed by atoms with Crippen molar-refractivity contribution in [2.75, 3.05) is 5.32 Å². The summed E-state index contributed by atoms with van der Waals surface area (Å²) in [5, 5.41) is 2.92. The van der Waals surface area contributed by atoms with Crippen LogP contribution in [0.25, 0.3) is 22.1 Å². The number of anilines is 1. The molecule has 0 aliphatic carbocycles. The molecule has 2 aromatic heterocycles. The van der Waals surface area contributed by atoms with Crippen molar-refractivity contribution < 1.29 is 4.79 Å². The average molecular weight is 319 g/mol. The molecule has 0 saturated heterocycles. The maximum atomic E-state index is 12.5. The zero-order valence-electron chi connectivity index (χ0n) is 13.4. The Kier molecular flexibility index (Phi) is 3.30. The van der Waals surface area contributed by atoms with Gasteiger partial charge in [-0.15, -0.1) is 0 Å². The molecule has 0 fully saturated rings. The Hall–Kier alpha value is -3.15. The second-order valence-electron chi connectivity index (χ2n) is 6.04. The van der Waals surface area contributed by atoms with Crippen molar-refractivity contribution in [3.05, 3.63) is 54.6 Å². The number of benzene rings is 2. The highest BCUT2D eigenvalue weighted by Gasteiger charge is 2.10. The number of rotatable bonds is 3. The molecule has 4 rings (SSSR count). The fraction of sp³-hybridized carbons (Fsp3) is 0.167. The van der Waals surface area contributed by atoms with E-state index in [-0.39, 0.29) is 5.91 Å². The summed E-state index contributed by atoms with van der Waals surface area (Å²) in [6.07, 6.45) is 3.44. The minimum atomic E-state index is -0.158. The molecule has 0 atom stereocenters. The van der Waals surface area contributed by atoms with Gasteiger partial charge in [0.1, 0.15) is 0 Å². The Morgan fingerprint density at radius 2 is 2.00 bits per heavy atom. The van der Waals surface area contributed by atoms with Crippen LogP contribution in [0.5, 0.6) is 0 Å². The summed E-state index contributed by atoms with van der Waals surface area (Å²) in [5.41, 5.74) is 4.92. The van der Waals surface area contributed by atoms with Crippen LogP contribution in [0, 0.1) is 0 Å². The van der Waals surface area contributed by atoms with E-state index < -0.39 is 0 Å². The molecule has 0 radical (unpaired) electrons. The highest BCUT2D eigenvalue weighted by Crippen LogP contribution is 2.22. The zero-order valence-corrected chi connectivity index (χ0v) is 13.4. The SMILES string of the molecule is CC(C)n1cnc2cc(NC(=O)c3ccc4nc[nH]c4c3)ccc21. The quantitative estimate of drug-likeness (QED) is 0.604. The number of aromatic nitrogens is 4. The normalized spacial score (nSPS) is 11.5. The lowest BCUT2D eigenvalue weighted by molar-refractivity contribution is 0.102. The number of fused-ring (bicyclic) bond motifs is 2. The highest BCUT2D eigenvalue weighted by molar-refractivity contribution is 6.06. The van der Waals surface area contributed by atoms with Crippen molar-refractivity contribution in [2.24, 2.45) is 0 Å². The topological polar surface area (TPSA) is 75.6 Å². The third-order valence-corrected chi connectivity index (χ3v) is 4.07. The summed E-state index contributed by atoms with van der Waals surface area (Å²) in [4.78, 5) is 24.0. The predicted octanol–water partition coefficient (Wildman–Crippen LogP) is 3.75. The van der Waals surface area contributed by atoms with Gasteiger partial charge in [-0.2, -0.15) is 0 Å². The number of hydrogen-bond donors (Lipinski definition) is 2. The smallest absolute Gasteiger partial charge is 0.255 e. The van der Waals surface area contributed by atoms with Crippen LogP contribution >= 0.6 is 0 Å². The van der Waals surface area contributed by atoms with E-state index in [0.717, 1.165) is 27.8 Å². The Bertz CT molecular complexity index is 1040. The fourth-order valence-corrected chi connectivity index (χ4v) is 2.80. The number of carbonyl (C=O) groups excluding carboxylic acids is 1. The van der Waals surface area contributed by atoms with Gasteiger partial charge in [-0.25, -0.2) is 9.97 Å². The van der Waals surface area contributed by atoms with E-state index in [1.54, 1.807) is 18.5 Å². The largest absolute Gasteiger partial charge is 0.345 e. The van der Waals surface area contributed by atoms with Gasteiger partial charge < -0.3 is 14.9 Å². The molecule has 0 unspecified atom stereocenters. The number of aromatic amines is 1. The van der Waals surface area contributed by atoms with Crippen LogP contribution in [-0.4, -0.2) is 25.4 Å². The van der Waals surface area contributed by atoms with Crippen molar-refractivity contribution in [1.29, 1.82) is 0 Å². The molecule has 6 heteroatoms. The van der Waals surface area contributed by atoms with Crippen LogP contribution in [0.1, 0.15) is 30.2 Å². The standard InChI is InChI=1S/C18H17N5O/c1-11(2)23-10-21-16-8-13(4-6-17(16)23)22-18(24)12-3-5-14-15(7-12)20-9-19-14/h3-11H,1-2H3,(H,19,20)(H,22,24). The van der Waals surface area contributed by atoms with E-state index >= 15 is 0 Å². The maximum absolute atomic E-state index is 12.5. The molecule has 0 bridgehead atoms. The van der Waals surface area contributed by atoms with Gasteiger partial charge in [0.2, 0.25) is 0 Å². The van der Waals surface area contributed by atoms with Crippen molar-refractivity contribution in [2.45, 2.75) is 19.9 Å². The summed E-state index contributed by atoms with van der Waals surface area (Å²) in [6, 6.07) is 11.5. The Labute approximate surface area is 138 Å². The summed E-state index contributed by atoms with van der Waals surface area (Å²) < 4.78 is 2.10. The number of nitrogens with one attached hydrogen (secondary N) is 2. The van der Waals surface area contributed by atoms with Crippen LogP contribution < -0.4 is 5.32 Å². The van der Waals surface area contributed by atoms with E-state index in [0.29, 0.717) is 11.6 Å². The zero-order chi connectivity index (χ0) is 16.7. The van der Waals surface area contributed by atoms with E-state index in [9.17, 15) is 4.79 Å². The van der Waals surface area contributed by atoms with E-state index in [2.05, 4.69) is 38.7 Å². The summed E-state index contributed by atoms with van der Waals surface area (Å²) in [5.74, 6) is -0.158. The fourth-order valence-electron chi connectivity index (χ4n) is 2.80. The molecule has 6 nitrogen and oxygen atoms in total. The molecule has 0 aliphatic rings. The van der Waals surface area contributed by atoms with Crippen molar-refractivity contribution in [3.63, 3.8) is 0 Å². The van der Waals surface area contributed by atoms with Crippen molar-refractivity contribution >= 4 is 33.7 Å². The first kappa shape index (κ1) is 14.4.